The van der Waals surface area contributed by atoms with E-state index in [0.29, 0.717) is 35.7 Å². The largest absolute Gasteiger partial charge is 0.477 e. The van der Waals surface area contributed by atoms with Gasteiger partial charge in [-0.2, -0.15) is 0 Å². The van der Waals surface area contributed by atoms with E-state index in [1.807, 2.05) is 0 Å². The fourth-order valence-electron chi connectivity index (χ4n) is 2.37. The van der Waals surface area contributed by atoms with Crippen LogP contribution in [0.25, 0.3) is 10.2 Å². The Hall–Kier alpha value is -2.03. The number of morpholine rings is 1. The quantitative estimate of drug-likeness (QED) is 0.785. The van der Waals surface area contributed by atoms with Crippen molar-refractivity contribution < 1.29 is 19.4 Å². The average Bonchev–Trinajstić information content (AvgIpc) is 2.87. The predicted octanol–water partition coefficient (Wildman–Crippen LogP) is 1.31. The molecule has 3 rings (SSSR count). The maximum atomic E-state index is 12.2. The van der Waals surface area contributed by atoms with E-state index in [1.165, 1.54) is 0 Å². The Kier molecular flexibility index (Phi) is 4.32. The van der Waals surface area contributed by atoms with Crippen molar-refractivity contribution in [2.24, 2.45) is 0 Å². The molecule has 2 aromatic heterocycles. The van der Waals surface area contributed by atoms with Crippen LogP contribution in [0.15, 0.2) is 18.3 Å². The summed E-state index contributed by atoms with van der Waals surface area (Å²) in [6.45, 7) is 1.83. The fraction of sp³-hybridized carbons (Fsp3) is 0.357. The minimum Gasteiger partial charge on any atom is -0.477 e. The molecule has 0 radical (unpaired) electrons. The third kappa shape index (κ3) is 3.08. The van der Waals surface area contributed by atoms with Gasteiger partial charge in [0, 0.05) is 30.6 Å². The van der Waals surface area contributed by atoms with Crippen molar-refractivity contribution in [3.8, 4) is 0 Å². The first-order valence-corrected chi connectivity index (χ1v) is 7.68. The smallest absolute Gasteiger partial charge is 0.348 e. The second-order valence-corrected chi connectivity index (χ2v) is 5.94. The topological polar surface area (TPSA) is 101 Å². The molecule has 1 saturated heterocycles. The number of fused-ring (bicyclic) bond motifs is 1. The third-order valence-corrected chi connectivity index (χ3v) is 4.46. The zero-order valence-electron chi connectivity index (χ0n) is 11.7. The zero-order chi connectivity index (χ0) is 15.5. The summed E-state index contributed by atoms with van der Waals surface area (Å²) in [5.41, 5.74) is 0.322. The van der Waals surface area contributed by atoms with Gasteiger partial charge in [0.05, 0.1) is 18.9 Å². The molecule has 0 spiro atoms. The lowest BCUT2D eigenvalue weighted by molar-refractivity contribution is -0.117. The number of ether oxygens (including phenoxy) is 1. The molecule has 7 nitrogen and oxygen atoms in total. The molecule has 22 heavy (non-hydrogen) atoms. The molecule has 8 heteroatoms. The molecule has 3 heterocycles. The molecular weight excluding hydrogens is 306 g/mol. The van der Waals surface area contributed by atoms with E-state index >= 15 is 0 Å². The lowest BCUT2D eigenvalue weighted by Gasteiger charge is -2.23. The number of hydrogen-bond acceptors (Lipinski definition) is 6. The van der Waals surface area contributed by atoms with Crippen LogP contribution in [-0.4, -0.2) is 47.8 Å². The number of nitrogens with one attached hydrogen (secondary N) is 2. The third-order valence-electron chi connectivity index (χ3n) is 3.36. The van der Waals surface area contributed by atoms with E-state index in [1.54, 1.807) is 18.3 Å². The Morgan fingerprint density at radius 2 is 2.41 bits per heavy atom. The molecule has 1 fully saturated rings. The lowest BCUT2D eigenvalue weighted by atomic mass is 10.2. The first-order valence-electron chi connectivity index (χ1n) is 6.87. The van der Waals surface area contributed by atoms with Crippen molar-refractivity contribution in [1.29, 1.82) is 0 Å². The average molecular weight is 321 g/mol. The molecule has 0 unspecified atom stereocenters. The van der Waals surface area contributed by atoms with Gasteiger partial charge in [0.15, 0.2) is 0 Å². The molecule has 0 bridgehead atoms. The summed E-state index contributed by atoms with van der Waals surface area (Å²) >= 11 is 1.05. The van der Waals surface area contributed by atoms with E-state index in [0.717, 1.165) is 11.3 Å². The number of carbonyl (C=O) groups is 2. The summed E-state index contributed by atoms with van der Waals surface area (Å²) in [6.07, 6.45) is 1.83. The van der Waals surface area contributed by atoms with Crippen LogP contribution >= 0.6 is 11.3 Å². The normalized spacial score (nSPS) is 18.3. The lowest BCUT2D eigenvalue weighted by Crippen LogP contribution is -2.43. The van der Waals surface area contributed by atoms with Crippen LogP contribution in [0.2, 0.25) is 0 Å². The first-order chi connectivity index (χ1) is 10.6. The van der Waals surface area contributed by atoms with Crippen LogP contribution in [0.3, 0.4) is 0 Å². The van der Waals surface area contributed by atoms with E-state index in [4.69, 9.17) is 4.74 Å². The van der Waals surface area contributed by atoms with Gasteiger partial charge < -0.3 is 20.5 Å². The second kappa shape index (κ2) is 6.39. The van der Waals surface area contributed by atoms with Crippen LogP contribution < -0.4 is 10.6 Å². The van der Waals surface area contributed by atoms with Gasteiger partial charge in [0.25, 0.3) is 0 Å². The molecule has 116 valence electrons. The van der Waals surface area contributed by atoms with Crippen LogP contribution in [0.1, 0.15) is 16.1 Å². The van der Waals surface area contributed by atoms with Crippen molar-refractivity contribution in [2.75, 3.05) is 25.1 Å². The number of aromatic nitrogens is 1. The van der Waals surface area contributed by atoms with Crippen LogP contribution in [0.4, 0.5) is 5.69 Å². The molecule has 0 aromatic carbocycles. The summed E-state index contributed by atoms with van der Waals surface area (Å²) in [6, 6.07) is 3.42. The number of anilines is 1. The Morgan fingerprint density at radius 3 is 3.14 bits per heavy atom. The highest BCUT2D eigenvalue weighted by Crippen LogP contribution is 2.34. The highest BCUT2D eigenvalue weighted by atomic mass is 32.1. The molecule has 1 amide bonds. The predicted molar refractivity (Wildman–Crippen MR) is 82.4 cm³/mol. The molecular formula is C14H15N3O4S. The van der Waals surface area contributed by atoms with Crippen LogP contribution in [-0.2, 0) is 9.53 Å². The molecule has 1 atom stereocenters. The van der Waals surface area contributed by atoms with Crippen molar-refractivity contribution in [3.05, 3.63) is 23.2 Å². The first kappa shape index (κ1) is 14.9. The van der Waals surface area contributed by atoms with Gasteiger partial charge in [-0.25, -0.2) is 9.78 Å². The molecule has 1 aliphatic rings. The van der Waals surface area contributed by atoms with Gasteiger partial charge in [-0.05, 0) is 12.1 Å². The van der Waals surface area contributed by atoms with Crippen molar-refractivity contribution in [1.82, 2.24) is 10.3 Å². The van der Waals surface area contributed by atoms with Gasteiger partial charge in [-0.3, -0.25) is 4.79 Å². The summed E-state index contributed by atoms with van der Waals surface area (Å²) in [4.78, 5) is 28.4. The van der Waals surface area contributed by atoms with E-state index in [9.17, 15) is 14.7 Å². The van der Waals surface area contributed by atoms with Crippen molar-refractivity contribution in [2.45, 2.75) is 12.5 Å². The zero-order valence-corrected chi connectivity index (χ0v) is 12.5. The standard InChI is InChI=1S/C14H15N3O4S/c18-10(6-8-7-21-5-4-15-8)17-11-9-2-1-3-16-13(9)22-12(11)14(19)20/h1-3,8,15H,4-7H2,(H,17,18)(H,19,20)/t8-/m1/s1. The van der Waals surface area contributed by atoms with Gasteiger partial charge in [0.1, 0.15) is 9.71 Å². The van der Waals surface area contributed by atoms with Crippen molar-refractivity contribution in [3.63, 3.8) is 0 Å². The second-order valence-electron chi connectivity index (χ2n) is 4.95. The number of hydrogen-bond donors (Lipinski definition) is 3. The Bertz CT molecular complexity index is 709. The minimum absolute atomic E-state index is 0.0509. The number of carboxylic acid groups (broad SMARTS) is 1. The summed E-state index contributed by atoms with van der Waals surface area (Å²) < 4.78 is 5.31. The highest BCUT2D eigenvalue weighted by molar-refractivity contribution is 7.21. The molecule has 3 N–H and O–H groups in total. The number of nitrogens with zero attached hydrogens (tertiary/aromatic N) is 1. The van der Waals surface area contributed by atoms with E-state index < -0.39 is 5.97 Å². The number of rotatable bonds is 4. The van der Waals surface area contributed by atoms with Crippen LogP contribution in [0.5, 0.6) is 0 Å². The van der Waals surface area contributed by atoms with E-state index in [-0.39, 0.29) is 23.2 Å². The monoisotopic (exact) mass is 321 g/mol. The minimum atomic E-state index is -1.07. The molecule has 2 aromatic rings. The number of carbonyl (C=O) groups excluding carboxylic acids is 1. The van der Waals surface area contributed by atoms with Gasteiger partial charge in [-0.1, -0.05) is 0 Å². The van der Waals surface area contributed by atoms with Crippen molar-refractivity contribution >= 4 is 39.1 Å². The van der Waals surface area contributed by atoms with Gasteiger partial charge in [0.2, 0.25) is 5.91 Å². The fourth-order valence-corrected chi connectivity index (χ4v) is 3.31. The Labute approximate surface area is 130 Å². The highest BCUT2D eigenvalue weighted by Gasteiger charge is 2.22. The summed E-state index contributed by atoms with van der Waals surface area (Å²) in [7, 11) is 0. The summed E-state index contributed by atoms with van der Waals surface area (Å²) in [5, 5.41) is 15.9. The number of aromatic carboxylic acids is 1. The molecule has 1 aliphatic heterocycles. The number of carboxylic acids is 1. The maximum Gasteiger partial charge on any atom is 0.348 e. The Morgan fingerprint density at radius 1 is 1.55 bits per heavy atom. The molecule has 0 aliphatic carbocycles. The van der Waals surface area contributed by atoms with Gasteiger partial charge in [-0.15, -0.1) is 11.3 Å². The number of amides is 1. The number of pyridine rings is 1. The number of thiophene rings is 1. The van der Waals surface area contributed by atoms with Gasteiger partial charge >= 0.3 is 5.97 Å². The Balaban J connectivity index is 1.81. The molecule has 0 saturated carbocycles. The maximum absolute atomic E-state index is 12.2. The summed E-state index contributed by atoms with van der Waals surface area (Å²) in [5.74, 6) is -1.31. The SMILES string of the molecule is O=C(C[C@@H]1COCCN1)Nc1c(C(=O)O)sc2ncccc12. The van der Waals surface area contributed by atoms with Crippen LogP contribution in [0, 0.1) is 0 Å². The van der Waals surface area contributed by atoms with E-state index in [2.05, 4.69) is 15.6 Å².